The fourth-order valence-electron chi connectivity index (χ4n) is 3.32. The Kier molecular flexibility index (Phi) is 8.75. The Hall–Kier alpha value is -1.92. The molecule has 150 valence electrons. The van der Waals surface area contributed by atoms with Crippen molar-refractivity contribution in [2.45, 2.75) is 58.1 Å². The fourth-order valence-corrected chi connectivity index (χ4v) is 3.32. The van der Waals surface area contributed by atoms with Crippen LogP contribution in [0.5, 0.6) is 0 Å². The van der Waals surface area contributed by atoms with E-state index < -0.39 is 12.1 Å². The van der Waals surface area contributed by atoms with Crippen molar-refractivity contribution >= 4 is 17.6 Å². The highest BCUT2D eigenvalue weighted by molar-refractivity contribution is 6.04. The molecule has 1 aromatic rings. The number of ether oxygens (including phenoxy) is 3. The van der Waals surface area contributed by atoms with Crippen LogP contribution in [0.2, 0.25) is 0 Å². The van der Waals surface area contributed by atoms with Gasteiger partial charge in [-0.2, -0.15) is 0 Å². The van der Waals surface area contributed by atoms with Gasteiger partial charge in [-0.25, -0.2) is 4.79 Å². The zero-order valence-electron chi connectivity index (χ0n) is 16.6. The maximum Gasteiger partial charge on any atom is 0.339 e. The van der Waals surface area contributed by atoms with Gasteiger partial charge in [0, 0.05) is 6.04 Å². The minimum atomic E-state index is -0.650. The van der Waals surface area contributed by atoms with Crippen LogP contribution < -0.4 is 4.90 Å². The van der Waals surface area contributed by atoms with Crippen molar-refractivity contribution in [3.63, 3.8) is 0 Å². The highest BCUT2D eigenvalue weighted by Crippen LogP contribution is 2.27. The summed E-state index contributed by atoms with van der Waals surface area (Å²) in [5.74, 6) is -0.628. The Morgan fingerprint density at radius 1 is 1.22 bits per heavy atom. The van der Waals surface area contributed by atoms with E-state index >= 15 is 0 Å². The second-order valence-corrected chi connectivity index (χ2v) is 6.85. The molecule has 1 amide bonds. The largest absolute Gasteiger partial charge is 0.465 e. The number of amides is 1. The summed E-state index contributed by atoms with van der Waals surface area (Å²) in [6, 6.07) is 7.00. The summed E-state index contributed by atoms with van der Waals surface area (Å²) in [6.45, 7) is 5.31. The number of methoxy groups -OCH3 is 1. The topological polar surface area (TPSA) is 65.1 Å². The van der Waals surface area contributed by atoms with E-state index in [-0.39, 0.29) is 18.6 Å². The Labute approximate surface area is 161 Å². The van der Waals surface area contributed by atoms with Gasteiger partial charge in [0.1, 0.15) is 0 Å². The van der Waals surface area contributed by atoms with Gasteiger partial charge >= 0.3 is 5.97 Å². The van der Waals surface area contributed by atoms with Gasteiger partial charge in [-0.3, -0.25) is 4.79 Å². The standard InChI is InChI=1S/C21H31NO5/c1-4-5-6-7-10-16(2)22(20(23)19-15-26-13-14-27-19)18-12-9-8-11-17(18)21(24)25-3/h8-9,11-12,16,19H,4-7,10,13-15H2,1-3H3/t16-,19-/m1/s1. The molecule has 6 heteroatoms. The summed E-state index contributed by atoms with van der Waals surface area (Å²) < 4.78 is 16.0. The first-order valence-electron chi connectivity index (χ1n) is 9.79. The minimum absolute atomic E-state index is 0.0642. The average Bonchev–Trinajstić information content (AvgIpc) is 2.71. The Morgan fingerprint density at radius 3 is 2.67 bits per heavy atom. The lowest BCUT2D eigenvalue weighted by Crippen LogP contribution is -2.49. The number of unbranched alkanes of at least 4 members (excludes halogenated alkanes) is 3. The third kappa shape index (κ3) is 5.78. The monoisotopic (exact) mass is 377 g/mol. The highest BCUT2D eigenvalue weighted by Gasteiger charge is 2.33. The molecule has 0 aromatic heterocycles. The van der Waals surface area contributed by atoms with Gasteiger partial charge < -0.3 is 19.1 Å². The van der Waals surface area contributed by atoms with Crippen molar-refractivity contribution in [1.82, 2.24) is 0 Å². The van der Waals surface area contributed by atoms with E-state index in [9.17, 15) is 9.59 Å². The van der Waals surface area contributed by atoms with Crippen LogP contribution in [0, 0.1) is 0 Å². The van der Waals surface area contributed by atoms with Gasteiger partial charge in [-0.1, -0.05) is 44.7 Å². The molecule has 1 saturated heterocycles. The fraction of sp³-hybridized carbons (Fsp3) is 0.619. The van der Waals surface area contributed by atoms with E-state index in [1.165, 1.54) is 13.5 Å². The van der Waals surface area contributed by atoms with Crippen LogP contribution in [0.3, 0.4) is 0 Å². The maximum atomic E-state index is 13.3. The zero-order chi connectivity index (χ0) is 19.6. The lowest BCUT2D eigenvalue weighted by Gasteiger charge is -2.34. The van der Waals surface area contributed by atoms with Gasteiger partial charge in [0.25, 0.3) is 5.91 Å². The lowest BCUT2D eigenvalue weighted by atomic mass is 10.0. The lowest BCUT2D eigenvalue weighted by molar-refractivity contribution is -0.145. The van der Waals surface area contributed by atoms with E-state index in [1.807, 2.05) is 13.0 Å². The van der Waals surface area contributed by atoms with Crippen molar-refractivity contribution in [2.24, 2.45) is 0 Å². The molecule has 1 aliphatic rings. The van der Waals surface area contributed by atoms with Crippen molar-refractivity contribution in [3.8, 4) is 0 Å². The second kappa shape index (κ2) is 11.0. The second-order valence-electron chi connectivity index (χ2n) is 6.85. The van der Waals surface area contributed by atoms with Gasteiger partial charge in [0.2, 0.25) is 0 Å². The van der Waals surface area contributed by atoms with Crippen molar-refractivity contribution < 1.29 is 23.8 Å². The van der Waals surface area contributed by atoms with Crippen LogP contribution in [0.1, 0.15) is 56.3 Å². The Bertz CT molecular complexity index is 612. The molecule has 6 nitrogen and oxygen atoms in total. The summed E-state index contributed by atoms with van der Waals surface area (Å²) in [5.41, 5.74) is 0.942. The highest BCUT2D eigenvalue weighted by atomic mass is 16.6. The predicted octanol–water partition coefficient (Wildman–Crippen LogP) is 3.58. The first-order chi connectivity index (χ1) is 13.1. The molecule has 0 aliphatic carbocycles. The number of para-hydroxylation sites is 1. The van der Waals surface area contributed by atoms with Gasteiger partial charge in [0.15, 0.2) is 6.10 Å². The number of carbonyl (C=O) groups is 2. The minimum Gasteiger partial charge on any atom is -0.465 e. The number of anilines is 1. The van der Waals surface area contributed by atoms with Gasteiger partial charge in [0.05, 0.1) is 38.2 Å². The molecule has 0 radical (unpaired) electrons. The van der Waals surface area contributed by atoms with E-state index in [0.717, 1.165) is 25.7 Å². The summed E-state index contributed by atoms with van der Waals surface area (Å²) in [5, 5.41) is 0. The van der Waals surface area contributed by atoms with E-state index in [1.54, 1.807) is 23.1 Å². The van der Waals surface area contributed by atoms with E-state index in [2.05, 4.69) is 6.92 Å². The van der Waals surface area contributed by atoms with Crippen LogP contribution in [-0.4, -0.2) is 51.0 Å². The van der Waals surface area contributed by atoms with Crippen molar-refractivity contribution in [3.05, 3.63) is 29.8 Å². The van der Waals surface area contributed by atoms with Crippen molar-refractivity contribution in [2.75, 3.05) is 31.8 Å². The van der Waals surface area contributed by atoms with Gasteiger partial charge in [-0.15, -0.1) is 0 Å². The molecule has 2 atom stereocenters. The van der Waals surface area contributed by atoms with Crippen molar-refractivity contribution in [1.29, 1.82) is 0 Å². The molecule has 2 rings (SSSR count). The maximum absolute atomic E-state index is 13.3. The van der Waals surface area contributed by atoms with E-state index in [0.29, 0.717) is 24.5 Å². The first-order valence-corrected chi connectivity index (χ1v) is 9.79. The van der Waals surface area contributed by atoms with Crippen LogP contribution in [0.25, 0.3) is 0 Å². The van der Waals surface area contributed by atoms with Crippen LogP contribution in [0.4, 0.5) is 5.69 Å². The summed E-state index contributed by atoms with van der Waals surface area (Å²) in [7, 11) is 1.34. The Morgan fingerprint density at radius 2 is 2.00 bits per heavy atom. The smallest absolute Gasteiger partial charge is 0.339 e. The summed E-state index contributed by atoms with van der Waals surface area (Å²) in [6.07, 6.45) is 4.71. The molecule has 1 aliphatic heterocycles. The molecule has 1 fully saturated rings. The molecule has 0 unspecified atom stereocenters. The zero-order valence-corrected chi connectivity index (χ0v) is 16.6. The van der Waals surface area contributed by atoms with E-state index in [4.69, 9.17) is 14.2 Å². The molecule has 1 aromatic carbocycles. The predicted molar refractivity (Wildman–Crippen MR) is 104 cm³/mol. The summed E-state index contributed by atoms with van der Waals surface area (Å²) in [4.78, 5) is 27.2. The molecule has 0 spiro atoms. The number of hydrogen-bond donors (Lipinski definition) is 0. The van der Waals surface area contributed by atoms with Gasteiger partial charge in [-0.05, 0) is 25.5 Å². The third-order valence-corrected chi connectivity index (χ3v) is 4.81. The number of hydrogen-bond acceptors (Lipinski definition) is 5. The Balaban J connectivity index is 2.29. The molecule has 0 bridgehead atoms. The number of rotatable bonds is 9. The normalized spacial score (nSPS) is 18.0. The summed E-state index contributed by atoms with van der Waals surface area (Å²) >= 11 is 0. The molecule has 27 heavy (non-hydrogen) atoms. The number of carbonyl (C=O) groups excluding carboxylic acids is 2. The van der Waals surface area contributed by atoms with Crippen LogP contribution >= 0.6 is 0 Å². The average molecular weight is 377 g/mol. The third-order valence-electron chi connectivity index (χ3n) is 4.81. The number of esters is 1. The number of nitrogens with zero attached hydrogens (tertiary/aromatic N) is 1. The molecule has 0 saturated carbocycles. The molecular weight excluding hydrogens is 346 g/mol. The molecule has 0 N–H and O–H groups in total. The van der Waals surface area contributed by atoms with Crippen LogP contribution in [0.15, 0.2) is 24.3 Å². The quantitative estimate of drug-likeness (QED) is 0.486. The van der Waals surface area contributed by atoms with Crippen LogP contribution in [-0.2, 0) is 19.0 Å². The first kappa shape index (κ1) is 21.4. The molecular formula is C21H31NO5. The SMILES string of the molecule is CCCCCC[C@@H](C)N(C(=O)[C@H]1COCCO1)c1ccccc1C(=O)OC. The number of benzene rings is 1. The molecule has 1 heterocycles.